The minimum absolute atomic E-state index is 0.0750. The van der Waals surface area contributed by atoms with Gasteiger partial charge in [-0.05, 0) is 77.0 Å². The van der Waals surface area contributed by atoms with Crippen LogP contribution in [-0.4, -0.2) is 37.2 Å². The summed E-state index contributed by atoms with van der Waals surface area (Å²) in [6.07, 6.45) is 63.8. The fourth-order valence-electron chi connectivity index (χ4n) is 7.88. The van der Waals surface area contributed by atoms with Gasteiger partial charge in [-0.25, -0.2) is 0 Å². The summed E-state index contributed by atoms with van der Waals surface area (Å²) in [6, 6.07) is 0. The first-order valence-corrected chi connectivity index (χ1v) is 27.7. The topological polar surface area (TPSA) is 78.9 Å². The third-order valence-electron chi connectivity index (χ3n) is 12.1. The lowest BCUT2D eigenvalue weighted by Crippen LogP contribution is -2.30. The number of carbonyl (C=O) groups excluding carboxylic acids is 3. The Kier molecular flexibility index (Phi) is 50.8. The molecule has 0 bridgehead atoms. The summed E-state index contributed by atoms with van der Waals surface area (Å²) in [5.41, 5.74) is 0. The fraction of sp³-hybridized carbons (Fsp3) is 0.810. The lowest BCUT2D eigenvalue weighted by atomic mass is 10.1. The maximum atomic E-state index is 12.8. The smallest absolute Gasteiger partial charge is 0.306 e. The van der Waals surface area contributed by atoms with E-state index in [-0.39, 0.29) is 31.1 Å². The van der Waals surface area contributed by atoms with Gasteiger partial charge in [0.1, 0.15) is 13.2 Å². The average molecular weight is 897 g/mol. The molecule has 6 nitrogen and oxygen atoms in total. The Bertz CT molecular complexity index is 1120. The average Bonchev–Trinajstić information content (AvgIpc) is 3.29. The Morgan fingerprint density at radius 1 is 0.328 bits per heavy atom. The number of allylic oxidation sites excluding steroid dienone is 8. The van der Waals surface area contributed by atoms with E-state index in [1.807, 2.05) is 0 Å². The molecule has 0 rings (SSSR count). The molecular formula is C58H104O6. The van der Waals surface area contributed by atoms with Gasteiger partial charge in [0, 0.05) is 19.3 Å². The highest BCUT2D eigenvalue weighted by Crippen LogP contribution is 2.15. The monoisotopic (exact) mass is 897 g/mol. The van der Waals surface area contributed by atoms with E-state index in [1.165, 1.54) is 173 Å². The molecule has 6 heteroatoms. The summed E-state index contributed by atoms with van der Waals surface area (Å²) in [4.78, 5) is 38.0. The molecule has 0 aromatic carbocycles. The summed E-state index contributed by atoms with van der Waals surface area (Å²) in [5.74, 6) is -0.877. The first-order chi connectivity index (χ1) is 31.5. The summed E-state index contributed by atoms with van der Waals surface area (Å²) in [6.45, 7) is 6.59. The van der Waals surface area contributed by atoms with Gasteiger partial charge in [-0.15, -0.1) is 0 Å². The minimum atomic E-state index is -0.775. The van der Waals surface area contributed by atoms with Crippen LogP contribution in [0, 0.1) is 0 Å². The molecule has 0 saturated heterocycles. The van der Waals surface area contributed by atoms with Crippen LogP contribution in [0.4, 0.5) is 0 Å². The third-order valence-corrected chi connectivity index (χ3v) is 12.1. The Morgan fingerprint density at radius 3 is 0.984 bits per heavy atom. The van der Waals surface area contributed by atoms with Crippen molar-refractivity contribution in [1.29, 1.82) is 0 Å². The van der Waals surface area contributed by atoms with Gasteiger partial charge in [-0.1, -0.05) is 236 Å². The highest BCUT2D eigenvalue weighted by Gasteiger charge is 2.19. The van der Waals surface area contributed by atoms with Crippen molar-refractivity contribution < 1.29 is 28.6 Å². The summed E-state index contributed by atoms with van der Waals surface area (Å²) < 4.78 is 16.8. The maximum Gasteiger partial charge on any atom is 0.306 e. The van der Waals surface area contributed by atoms with Gasteiger partial charge >= 0.3 is 17.9 Å². The number of ether oxygens (including phenoxy) is 3. The summed E-state index contributed by atoms with van der Waals surface area (Å²) in [7, 11) is 0. The molecule has 0 fully saturated rings. The molecule has 64 heavy (non-hydrogen) atoms. The molecular weight excluding hydrogens is 793 g/mol. The molecule has 0 heterocycles. The van der Waals surface area contributed by atoms with Gasteiger partial charge in [-0.2, -0.15) is 0 Å². The molecule has 0 aliphatic heterocycles. The molecule has 1 atom stereocenters. The molecule has 0 aliphatic carbocycles. The molecule has 1 unspecified atom stereocenters. The van der Waals surface area contributed by atoms with Crippen molar-refractivity contribution in [2.45, 2.75) is 290 Å². The van der Waals surface area contributed by atoms with Crippen molar-refractivity contribution in [3.05, 3.63) is 48.6 Å². The number of hydrogen-bond acceptors (Lipinski definition) is 6. The Hall–Kier alpha value is -2.63. The Morgan fingerprint density at radius 2 is 0.609 bits per heavy atom. The van der Waals surface area contributed by atoms with Gasteiger partial charge in [0.05, 0.1) is 0 Å². The molecule has 0 amide bonds. The van der Waals surface area contributed by atoms with E-state index in [0.29, 0.717) is 19.3 Å². The largest absolute Gasteiger partial charge is 0.462 e. The number of rotatable bonds is 50. The van der Waals surface area contributed by atoms with E-state index in [1.54, 1.807) is 0 Å². The van der Waals surface area contributed by atoms with Gasteiger partial charge in [-0.3, -0.25) is 14.4 Å². The molecule has 372 valence electrons. The zero-order chi connectivity index (χ0) is 46.5. The van der Waals surface area contributed by atoms with Gasteiger partial charge in [0.25, 0.3) is 0 Å². The predicted molar refractivity (Wildman–Crippen MR) is 275 cm³/mol. The van der Waals surface area contributed by atoms with Crippen LogP contribution < -0.4 is 0 Å². The number of esters is 3. The molecule has 0 radical (unpaired) electrons. The molecule has 0 N–H and O–H groups in total. The van der Waals surface area contributed by atoms with Crippen LogP contribution in [0.1, 0.15) is 284 Å². The van der Waals surface area contributed by atoms with Crippen molar-refractivity contribution in [2.24, 2.45) is 0 Å². The first-order valence-electron chi connectivity index (χ1n) is 27.7. The molecule has 0 saturated carbocycles. The maximum absolute atomic E-state index is 12.8. The van der Waals surface area contributed by atoms with Crippen LogP contribution in [0.15, 0.2) is 48.6 Å². The molecule has 0 aromatic rings. The SMILES string of the molecule is CCCCC/C=C\C=C/CCCCCCCCCCCCC(=O)OCC(COC(=O)CCCCCCCCCCCC)OC(=O)CCCCCCCCC/C=C\C/C=C\CCCCC. The minimum Gasteiger partial charge on any atom is -0.462 e. The molecule has 0 spiro atoms. The number of hydrogen-bond donors (Lipinski definition) is 0. The van der Waals surface area contributed by atoms with Crippen molar-refractivity contribution in [3.63, 3.8) is 0 Å². The normalized spacial score (nSPS) is 12.4. The fourth-order valence-corrected chi connectivity index (χ4v) is 7.88. The van der Waals surface area contributed by atoms with Gasteiger partial charge < -0.3 is 14.2 Å². The lowest BCUT2D eigenvalue weighted by Gasteiger charge is -2.18. The zero-order valence-electron chi connectivity index (χ0n) is 42.6. The highest BCUT2D eigenvalue weighted by atomic mass is 16.6. The first kappa shape index (κ1) is 61.4. The number of carbonyl (C=O) groups is 3. The van der Waals surface area contributed by atoms with Crippen LogP contribution in [0.3, 0.4) is 0 Å². The van der Waals surface area contributed by atoms with Crippen molar-refractivity contribution in [1.82, 2.24) is 0 Å². The van der Waals surface area contributed by atoms with E-state index in [9.17, 15) is 14.4 Å². The van der Waals surface area contributed by atoms with Crippen molar-refractivity contribution in [2.75, 3.05) is 13.2 Å². The second-order valence-corrected chi connectivity index (χ2v) is 18.5. The van der Waals surface area contributed by atoms with Crippen LogP contribution in [-0.2, 0) is 28.6 Å². The van der Waals surface area contributed by atoms with Crippen LogP contribution in [0.25, 0.3) is 0 Å². The van der Waals surface area contributed by atoms with Crippen molar-refractivity contribution >= 4 is 17.9 Å². The standard InChI is InChI=1S/C58H104O6/c1-4-7-10-13-16-19-22-24-26-28-29-31-32-34-36-39-42-45-48-51-57(60)63-54-55(53-62-56(59)50-47-44-41-38-21-18-15-12-9-6-3)64-58(61)52-49-46-43-40-37-35-33-30-27-25-23-20-17-14-11-8-5-2/h16-17,19-20,22,24-25,27,55H,4-15,18,21,23,26,28-54H2,1-3H3/b19-16-,20-17-,24-22-,27-25-. The summed E-state index contributed by atoms with van der Waals surface area (Å²) in [5, 5.41) is 0. The number of unbranched alkanes of at least 4 members (excludes halogenated alkanes) is 32. The second-order valence-electron chi connectivity index (χ2n) is 18.5. The zero-order valence-corrected chi connectivity index (χ0v) is 42.6. The lowest BCUT2D eigenvalue weighted by molar-refractivity contribution is -0.167. The van der Waals surface area contributed by atoms with E-state index in [0.717, 1.165) is 70.6 Å². The Balaban J connectivity index is 4.31. The van der Waals surface area contributed by atoms with Crippen molar-refractivity contribution in [3.8, 4) is 0 Å². The van der Waals surface area contributed by atoms with Gasteiger partial charge in [0.2, 0.25) is 0 Å². The highest BCUT2D eigenvalue weighted by molar-refractivity contribution is 5.71. The second kappa shape index (κ2) is 53.0. The van der Waals surface area contributed by atoms with E-state index >= 15 is 0 Å². The molecule has 0 aromatic heterocycles. The van der Waals surface area contributed by atoms with Crippen LogP contribution in [0.5, 0.6) is 0 Å². The molecule has 0 aliphatic rings. The quantitative estimate of drug-likeness (QED) is 0.0199. The Labute approximate surface area is 397 Å². The van der Waals surface area contributed by atoms with E-state index in [2.05, 4.69) is 69.4 Å². The van der Waals surface area contributed by atoms with E-state index in [4.69, 9.17) is 14.2 Å². The van der Waals surface area contributed by atoms with Crippen LogP contribution >= 0.6 is 0 Å². The van der Waals surface area contributed by atoms with Gasteiger partial charge in [0.15, 0.2) is 6.10 Å². The summed E-state index contributed by atoms with van der Waals surface area (Å²) >= 11 is 0. The predicted octanol–water partition coefficient (Wildman–Crippen LogP) is 18.3. The third kappa shape index (κ3) is 50.4. The van der Waals surface area contributed by atoms with E-state index < -0.39 is 6.10 Å². The van der Waals surface area contributed by atoms with Crippen LogP contribution in [0.2, 0.25) is 0 Å².